The molecule has 1 aliphatic heterocycles. The van der Waals surface area contributed by atoms with Gasteiger partial charge in [0.05, 0.1) is 6.07 Å². The van der Waals surface area contributed by atoms with E-state index in [1.807, 2.05) is 0 Å². The van der Waals surface area contributed by atoms with Crippen molar-refractivity contribution >= 4 is 23.8 Å². The molecule has 1 heterocycles. The van der Waals surface area contributed by atoms with Crippen molar-refractivity contribution in [1.82, 2.24) is 15.5 Å². The predicted molar refractivity (Wildman–Crippen MR) is 84.9 cm³/mol. The standard InChI is InChI=1S/C16H22N4O5/c1-3-15(2)13(23)20(14(24)19-15)8-12(22)25-9-11(21)18-16(10-17)6-4-5-7-16/h3-9H2,1-2H3,(H,18,21)(H,19,24). The molecule has 136 valence electrons. The van der Waals surface area contributed by atoms with Gasteiger partial charge < -0.3 is 15.4 Å². The summed E-state index contributed by atoms with van der Waals surface area (Å²) in [5.41, 5.74) is -1.92. The Balaban J connectivity index is 1.83. The topological polar surface area (TPSA) is 129 Å². The molecule has 2 fully saturated rings. The largest absolute Gasteiger partial charge is 0.454 e. The molecule has 1 saturated carbocycles. The number of urea groups is 1. The van der Waals surface area contributed by atoms with Crippen molar-refractivity contribution in [2.45, 2.75) is 57.0 Å². The summed E-state index contributed by atoms with van der Waals surface area (Å²) in [4.78, 5) is 48.5. The van der Waals surface area contributed by atoms with E-state index < -0.39 is 48.0 Å². The van der Waals surface area contributed by atoms with Crippen molar-refractivity contribution in [3.05, 3.63) is 0 Å². The Morgan fingerprint density at radius 1 is 1.36 bits per heavy atom. The van der Waals surface area contributed by atoms with Gasteiger partial charge in [-0.1, -0.05) is 6.92 Å². The first kappa shape index (κ1) is 18.7. The van der Waals surface area contributed by atoms with Crippen LogP contribution in [-0.4, -0.2) is 52.9 Å². The molecule has 2 aliphatic rings. The van der Waals surface area contributed by atoms with E-state index in [4.69, 9.17) is 4.74 Å². The van der Waals surface area contributed by atoms with Crippen LogP contribution in [0.3, 0.4) is 0 Å². The van der Waals surface area contributed by atoms with Crippen molar-refractivity contribution in [1.29, 1.82) is 5.26 Å². The maximum atomic E-state index is 12.2. The van der Waals surface area contributed by atoms with Crippen molar-refractivity contribution in [2.75, 3.05) is 13.2 Å². The minimum atomic E-state index is -1.03. The fourth-order valence-corrected chi connectivity index (χ4v) is 3.00. The third-order valence-corrected chi connectivity index (χ3v) is 4.75. The highest BCUT2D eigenvalue weighted by Crippen LogP contribution is 2.28. The first-order chi connectivity index (χ1) is 11.7. The van der Waals surface area contributed by atoms with Gasteiger partial charge in [-0.25, -0.2) is 4.79 Å². The lowest BCUT2D eigenvalue weighted by Crippen LogP contribution is -2.47. The summed E-state index contributed by atoms with van der Waals surface area (Å²) < 4.78 is 4.83. The summed E-state index contributed by atoms with van der Waals surface area (Å²) in [5.74, 6) is -1.94. The van der Waals surface area contributed by atoms with Crippen LogP contribution in [0.15, 0.2) is 0 Å². The summed E-state index contributed by atoms with van der Waals surface area (Å²) in [6, 6.07) is 1.44. The van der Waals surface area contributed by atoms with Crippen LogP contribution in [0.2, 0.25) is 0 Å². The Morgan fingerprint density at radius 2 is 2.00 bits per heavy atom. The lowest BCUT2D eigenvalue weighted by molar-refractivity contribution is -0.151. The van der Waals surface area contributed by atoms with Crippen LogP contribution in [0.4, 0.5) is 4.79 Å². The minimum absolute atomic E-state index is 0.391. The molecule has 2 rings (SSSR count). The van der Waals surface area contributed by atoms with Crippen LogP contribution in [0, 0.1) is 11.3 Å². The molecule has 1 unspecified atom stereocenters. The van der Waals surface area contributed by atoms with E-state index in [0.29, 0.717) is 19.3 Å². The monoisotopic (exact) mass is 350 g/mol. The molecule has 2 N–H and O–H groups in total. The number of rotatable bonds is 6. The fraction of sp³-hybridized carbons (Fsp3) is 0.688. The van der Waals surface area contributed by atoms with E-state index in [1.165, 1.54) is 0 Å². The third-order valence-electron chi connectivity index (χ3n) is 4.75. The lowest BCUT2D eigenvalue weighted by atomic mass is 9.99. The molecule has 0 aromatic rings. The lowest BCUT2D eigenvalue weighted by Gasteiger charge is -2.22. The third kappa shape index (κ3) is 3.90. The highest BCUT2D eigenvalue weighted by atomic mass is 16.5. The summed E-state index contributed by atoms with van der Waals surface area (Å²) in [5, 5.41) is 14.3. The zero-order valence-corrected chi connectivity index (χ0v) is 14.4. The van der Waals surface area contributed by atoms with Gasteiger partial charge in [-0.2, -0.15) is 5.26 Å². The van der Waals surface area contributed by atoms with E-state index in [-0.39, 0.29) is 0 Å². The highest BCUT2D eigenvalue weighted by Gasteiger charge is 2.47. The number of carbonyl (C=O) groups is 4. The Labute approximate surface area is 145 Å². The summed E-state index contributed by atoms with van der Waals surface area (Å²) in [6.07, 6.45) is 3.25. The molecular formula is C16H22N4O5. The van der Waals surface area contributed by atoms with Crippen molar-refractivity contribution < 1.29 is 23.9 Å². The van der Waals surface area contributed by atoms with Gasteiger partial charge in [0.15, 0.2) is 6.61 Å². The number of imide groups is 1. The quantitative estimate of drug-likeness (QED) is 0.520. The molecule has 4 amide bonds. The Morgan fingerprint density at radius 3 is 2.52 bits per heavy atom. The molecule has 0 spiro atoms. The first-order valence-electron chi connectivity index (χ1n) is 8.27. The Bertz CT molecular complexity index is 635. The Kier molecular flexibility index (Phi) is 5.30. The zero-order chi connectivity index (χ0) is 18.7. The molecule has 0 aromatic heterocycles. The normalized spacial score (nSPS) is 24.6. The number of carbonyl (C=O) groups excluding carboxylic acids is 4. The van der Waals surface area contributed by atoms with Crippen molar-refractivity contribution in [3.63, 3.8) is 0 Å². The maximum absolute atomic E-state index is 12.2. The first-order valence-corrected chi connectivity index (χ1v) is 8.27. The molecule has 0 bridgehead atoms. The van der Waals surface area contributed by atoms with Gasteiger partial charge in [0.1, 0.15) is 17.6 Å². The van der Waals surface area contributed by atoms with Gasteiger partial charge in [0, 0.05) is 0 Å². The molecule has 9 heteroatoms. The summed E-state index contributed by atoms with van der Waals surface area (Å²) in [7, 11) is 0. The number of esters is 1. The van der Waals surface area contributed by atoms with Gasteiger partial charge >= 0.3 is 12.0 Å². The van der Waals surface area contributed by atoms with Crippen LogP contribution in [0.1, 0.15) is 46.0 Å². The molecule has 1 atom stereocenters. The average molecular weight is 350 g/mol. The molecule has 9 nitrogen and oxygen atoms in total. The van der Waals surface area contributed by atoms with Gasteiger partial charge in [0.25, 0.3) is 11.8 Å². The van der Waals surface area contributed by atoms with E-state index in [9.17, 15) is 24.4 Å². The zero-order valence-electron chi connectivity index (χ0n) is 14.4. The number of hydrogen-bond acceptors (Lipinski definition) is 6. The summed E-state index contributed by atoms with van der Waals surface area (Å²) >= 11 is 0. The average Bonchev–Trinajstić information content (AvgIpc) is 3.13. The van der Waals surface area contributed by atoms with Gasteiger partial charge in [0.2, 0.25) is 0 Å². The molecule has 1 aliphatic carbocycles. The van der Waals surface area contributed by atoms with Crippen LogP contribution in [-0.2, 0) is 19.1 Å². The molecule has 0 aromatic carbocycles. The number of hydrogen-bond donors (Lipinski definition) is 2. The van der Waals surface area contributed by atoms with Crippen LogP contribution in [0.25, 0.3) is 0 Å². The van der Waals surface area contributed by atoms with E-state index in [2.05, 4.69) is 16.7 Å². The van der Waals surface area contributed by atoms with Crippen molar-refractivity contribution in [2.24, 2.45) is 0 Å². The Hall–Kier alpha value is -2.63. The second kappa shape index (κ2) is 7.09. The predicted octanol–water partition coefficient (Wildman–Crippen LogP) is 0.203. The molecule has 1 saturated heterocycles. The molecule has 25 heavy (non-hydrogen) atoms. The maximum Gasteiger partial charge on any atom is 0.326 e. The van der Waals surface area contributed by atoms with E-state index in [0.717, 1.165) is 17.7 Å². The molecular weight excluding hydrogens is 328 g/mol. The minimum Gasteiger partial charge on any atom is -0.454 e. The SMILES string of the molecule is CCC1(C)NC(=O)N(CC(=O)OCC(=O)NC2(C#N)CCCC2)C1=O. The van der Waals surface area contributed by atoms with Gasteiger partial charge in [-0.05, 0) is 39.0 Å². The van der Waals surface area contributed by atoms with Crippen LogP contribution in [0.5, 0.6) is 0 Å². The second-order valence-corrected chi connectivity index (χ2v) is 6.62. The van der Waals surface area contributed by atoms with Gasteiger partial charge in [-0.3, -0.25) is 19.3 Å². The smallest absolute Gasteiger partial charge is 0.326 e. The van der Waals surface area contributed by atoms with Crippen molar-refractivity contribution in [3.8, 4) is 6.07 Å². The van der Waals surface area contributed by atoms with Crippen LogP contribution >= 0.6 is 0 Å². The summed E-state index contributed by atoms with van der Waals surface area (Å²) in [6.45, 7) is 2.21. The van der Waals surface area contributed by atoms with Crippen LogP contribution < -0.4 is 10.6 Å². The second-order valence-electron chi connectivity index (χ2n) is 6.62. The fourth-order valence-electron chi connectivity index (χ4n) is 3.00. The number of nitriles is 1. The number of amides is 4. The number of ether oxygens (including phenoxy) is 1. The number of nitrogens with zero attached hydrogens (tertiary/aromatic N) is 2. The van der Waals surface area contributed by atoms with E-state index >= 15 is 0 Å². The highest BCUT2D eigenvalue weighted by molar-refractivity contribution is 6.08. The molecule has 0 radical (unpaired) electrons. The van der Waals surface area contributed by atoms with Gasteiger partial charge in [-0.15, -0.1) is 0 Å². The number of nitrogens with one attached hydrogen (secondary N) is 2. The van der Waals surface area contributed by atoms with E-state index in [1.54, 1.807) is 13.8 Å².